The van der Waals surface area contributed by atoms with Crippen LogP contribution in [0.2, 0.25) is 0 Å². The number of nitrogen functional groups attached to an aromatic ring is 1. The predicted octanol–water partition coefficient (Wildman–Crippen LogP) is 1.96. The third-order valence-corrected chi connectivity index (χ3v) is 2.24. The highest BCUT2D eigenvalue weighted by Gasteiger charge is 2.07. The molecule has 2 aromatic heterocycles. The minimum Gasteiger partial charge on any atom is -0.443 e. The van der Waals surface area contributed by atoms with E-state index in [2.05, 4.69) is 9.97 Å². The fourth-order valence-electron chi connectivity index (χ4n) is 1.59. The molecule has 0 spiro atoms. The van der Waals surface area contributed by atoms with E-state index >= 15 is 0 Å². The molecule has 68 valence electrons. The van der Waals surface area contributed by atoms with Gasteiger partial charge < -0.3 is 10.2 Å². The summed E-state index contributed by atoms with van der Waals surface area (Å²) in [6, 6.07) is 5.48. The van der Waals surface area contributed by atoms with Crippen LogP contribution in [0.15, 0.2) is 35.2 Å². The zero-order chi connectivity index (χ0) is 9.54. The van der Waals surface area contributed by atoms with Gasteiger partial charge in [0.05, 0.1) is 10.9 Å². The maximum absolute atomic E-state index is 5.86. The molecule has 4 nitrogen and oxygen atoms in total. The lowest BCUT2D eigenvalue weighted by molar-refractivity contribution is 0.602. The summed E-state index contributed by atoms with van der Waals surface area (Å²) in [5.74, 6) is 0. The van der Waals surface area contributed by atoms with Crippen LogP contribution in [0.4, 0.5) is 5.69 Å². The zero-order valence-electron chi connectivity index (χ0n) is 7.27. The summed E-state index contributed by atoms with van der Waals surface area (Å²) < 4.78 is 5.19. The molecular weight excluding hydrogens is 178 g/mol. The minimum atomic E-state index is 0.675. The van der Waals surface area contributed by atoms with Crippen molar-refractivity contribution >= 4 is 27.7 Å². The van der Waals surface area contributed by atoms with Gasteiger partial charge in [0.1, 0.15) is 5.52 Å². The van der Waals surface area contributed by atoms with Crippen LogP contribution >= 0.6 is 0 Å². The number of pyridine rings is 1. The van der Waals surface area contributed by atoms with Crippen LogP contribution in [-0.4, -0.2) is 9.97 Å². The highest BCUT2D eigenvalue weighted by Crippen LogP contribution is 2.26. The van der Waals surface area contributed by atoms with Gasteiger partial charge in [-0.3, -0.25) is 4.98 Å². The molecular formula is C10H7N3O. The van der Waals surface area contributed by atoms with Gasteiger partial charge in [0.25, 0.3) is 0 Å². The fraction of sp³-hybridized carbons (Fsp3) is 0. The van der Waals surface area contributed by atoms with Gasteiger partial charge in [0, 0.05) is 11.9 Å². The third kappa shape index (κ3) is 0.821. The normalized spacial score (nSPS) is 11.1. The second-order valence-corrected chi connectivity index (χ2v) is 3.06. The van der Waals surface area contributed by atoms with Gasteiger partial charge in [-0.05, 0) is 18.2 Å². The van der Waals surface area contributed by atoms with Crippen molar-refractivity contribution in [1.82, 2.24) is 9.97 Å². The average molecular weight is 185 g/mol. The lowest BCUT2D eigenvalue weighted by atomic mass is 10.1. The standard InChI is InChI=1S/C10H7N3O/c11-6-3-4-12-7-1-2-8-10(9(6)7)13-5-14-8/h1-5H,(H2,11,12). The van der Waals surface area contributed by atoms with Gasteiger partial charge in [-0.2, -0.15) is 0 Å². The quantitative estimate of drug-likeness (QED) is 0.581. The Kier molecular flexibility index (Phi) is 1.28. The Morgan fingerprint density at radius 3 is 3.00 bits per heavy atom. The summed E-state index contributed by atoms with van der Waals surface area (Å²) in [5, 5.41) is 0.860. The first-order valence-corrected chi connectivity index (χ1v) is 4.22. The largest absolute Gasteiger partial charge is 0.443 e. The number of hydrogen-bond acceptors (Lipinski definition) is 4. The number of nitrogens with two attached hydrogens (primary N) is 1. The first-order chi connectivity index (χ1) is 6.86. The Hall–Kier alpha value is -2.10. The summed E-state index contributed by atoms with van der Waals surface area (Å²) in [7, 11) is 0. The Labute approximate surface area is 79.4 Å². The van der Waals surface area contributed by atoms with Crippen molar-refractivity contribution in [2.24, 2.45) is 0 Å². The van der Waals surface area contributed by atoms with E-state index in [1.54, 1.807) is 12.3 Å². The van der Waals surface area contributed by atoms with Crippen molar-refractivity contribution in [3.8, 4) is 0 Å². The molecule has 2 N–H and O–H groups in total. The number of oxazole rings is 1. The fourth-order valence-corrected chi connectivity index (χ4v) is 1.59. The topological polar surface area (TPSA) is 64.9 Å². The first-order valence-electron chi connectivity index (χ1n) is 4.22. The number of aromatic nitrogens is 2. The molecule has 4 heteroatoms. The van der Waals surface area contributed by atoms with Crippen LogP contribution in [0.3, 0.4) is 0 Å². The maximum Gasteiger partial charge on any atom is 0.182 e. The van der Waals surface area contributed by atoms with E-state index in [1.165, 1.54) is 6.39 Å². The molecule has 0 saturated carbocycles. The molecule has 1 aromatic carbocycles. The van der Waals surface area contributed by atoms with E-state index < -0.39 is 0 Å². The smallest absolute Gasteiger partial charge is 0.182 e. The number of anilines is 1. The van der Waals surface area contributed by atoms with Crippen LogP contribution < -0.4 is 5.73 Å². The van der Waals surface area contributed by atoms with Crippen LogP contribution in [0.5, 0.6) is 0 Å². The Bertz CT molecular complexity index is 615. The summed E-state index contributed by atoms with van der Waals surface area (Å²) in [5.41, 5.74) is 8.88. The summed E-state index contributed by atoms with van der Waals surface area (Å²) in [4.78, 5) is 8.33. The van der Waals surface area contributed by atoms with E-state index in [1.807, 2.05) is 12.1 Å². The molecule has 3 aromatic rings. The third-order valence-electron chi connectivity index (χ3n) is 2.24. The van der Waals surface area contributed by atoms with Crippen molar-refractivity contribution < 1.29 is 4.42 Å². The molecule has 0 aliphatic rings. The maximum atomic E-state index is 5.86. The average Bonchev–Trinajstić information content (AvgIpc) is 2.65. The molecule has 2 heterocycles. The Balaban J connectivity index is 2.67. The lowest BCUT2D eigenvalue weighted by Crippen LogP contribution is -1.89. The molecule has 14 heavy (non-hydrogen) atoms. The van der Waals surface area contributed by atoms with E-state index in [0.29, 0.717) is 5.69 Å². The van der Waals surface area contributed by atoms with E-state index in [0.717, 1.165) is 22.0 Å². The van der Waals surface area contributed by atoms with Crippen molar-refractivity contribution in [3.63, 3.8) is 0 Å². The highest BCUT2D eigenvalue weighted by atomic mass is 16.3. The summed E-state index contributed by atoms with van der Waals surface area (Å²) in [6.07, 6.45) is 3.10. The van der Waals surface area contributed by atoms with Gasteiger partial charge in [0.15, 0.2) is 12.0 Å². The van der Waals surface area contributed by atoms with Crippen molar-refractivity contribution in [2.45, 2.75) is 0 Å². The molecule has 0 fully saturated rings. The van der Waals surface area contributed by atoms with Gasteiger partial charge in [-0.1, -0.05) is 0 Å². The Morgan fingerprint density at radius 2 is 2.07 bits per heavy atom. The molecule has 0 saturated heterocycles. The summed E-state index contributed by atoms with van der Waals surface area (Å²) >= 11 is 0. The number of fused-ring (bicyclic) bond motifs is 3. The van der Waals surface area contributed by atoms with Crippen molar-refractivity contribution in [3.05, 3.63) is 30.8 Å². The second-order valence-electron chi connectivity index (χ2n) is 3.06. The number of nitrogens with zero attached hydrogens (tertiary/aromatic N) is 2. The second kappa shape index (κ2) is 2.45. The first kappa shape index (κ1) is 7.32. The molecule has 0 aliphatic carbocycles. The number of rotatable bonds is 0. The molecule has 0 amide bonds. The molecule has 0 unspecified atom stereocenters. The SMILES string of the molecule is Nc1ccnc2ccc3ocnc3c12. The van der Waals surface area contributed by atoms with Gasteiger partial charge >= 0.3 is 0 Å². The van der Waals surface area contributed by atoms with E-state index in [4.69, 9.17) is 10.2 Å². The van der Waals surface area contributed by atoms with E-state index in [-0.39, 0.29) is 0 Å². The number of hydrogen-bond donors (Lipinski definition) is 1. The van der Waals surface area contributed by atoms with Gasteiger partial charge in [-0.25, -0.2) is 4.98 Å². The van der Waals surface area contributed by atoms with Crippen LogP contribution in [0, 0.1) is 0 Å². The minimum absolute atomic E-state index is 0.675. The molecule has 3 rings (SSSR count). The molecule has 0 aliphatic heterocycles. The van der Waals surface area contributed by atoms with Gasteiger partial charge in [-0.15, -0.1) is 0 Å². The van der Waals surface area contributed by atoms with Crippen molar-refractivity contribution in [2.75, 3.05) is 5.73 Å². The lowest BCUT2D eigenvalue weighted by Gasteiger charge is -1.99. The van der Waals surface area contributed by atoms with E-state index in [9.17, 15) is 0 Å². The van der Waals surface area contributed by atoms with Crippen LogP contribution in [0.1, 0.15) is 0 Å². The summed E-state index contributed by atoms with van der Waals surface area (Å²) in [6.45, 7) is 0. The molecule has 0 atom stereocenters. The molecule has 0 radical (unpaired) electrons. The van der Waals surface area contributed by atoms with Crippen LogP contribution in [0.25, 0.3) is 22.0 Å². The monoisotopic (exact) mass is 185 g/mol. The van der Waals surface area contributed by atoms with Crippen LogP contribution in [-0.2, 0) is 0 Å². The predicted molar refractivity (Wildman–Crippen MR) is 53.7 cm³/mol. The zero-order valence-corrected chi connectivity index (χ0v) is 7.27. The van der Waals surface area contributed by atoms with Crippen molar-refractivity contribution in [1.29, 1.82) is 0 Å². The number of benzene rings is 1. The van der Waals surface area contributed by atoms with Gasteiger partial charge in [0.2, 0.25) is 0 Å². The molecule has 0 bridgehead atoms. The highest BCUT2D eigenvalue weighted by molar-refractivity contribution is 6.07. The Morgan fingerprint density at radius 1 is 1.14 bits per heavy atom.